The van der Waals surface area contributed by atoms with Gasteiger partial charge < -0.3 is 9.47 Å². The average molecular weight is 316 g/mol. The molecule has 3 nitrogen and oxygen atoms in total. The second-order valence-electron chi connectivity index (χ2n) is 2.93. The minimum Gasteiger partial charge on any atom is -0.497 e. The maximum Gasteiger partial charge on any atom is 0.372 e. The summed E-state index contributed by atoms with van der Waals surface area (Å²) in [5, 5.41) is -0.526. The Kier molecular flexibility index (Phi) is 5.73. The molecule has 0 aliphatic carbocycles. The molecule has 1 aromatic rings. The van der Waals surface area contributed by atoms with Crippen molar-refractivity contribution in [2.24, 2.45) is 0 Å². The predicted octanol–water partition coefficient (Wildman–Crippen LogP) is 4.29. The number of hydrogen-bond donors (Lipinski definition) is 0. The van der Waals surface area contributed by atoms with E-state index in [1.54, 1.807) is 31.4 Å². The molecule has 0 heterocycles. The molecular formula is C10H9Cl3O3S. The molecule has 0 spiro atoms. The van der Waals surface area contributed by atoms with Crippen molar-refractivity contribution in [1.29, 1.82) is 0 Å². The molecule has 0 saturated heterocycles. The highest BCUT2D eigenvalue weighted by Gasteiger charge is 2.22. The van der Waals surface area contributed by atoms with Gasteiger partial charge in [-0.3, -0.25) is 0 Å². The van der Waals surface area contributed by atoms with E-state index >= 15 is 0 Å². The molecule has 0 atom stereocenters. The first kappa shape index (κ1) is 14.8. The molecule has 94 valence electrons. The van der Waals surface area contributed by atoms with E-state index in [2.05, 4.69) is 0 Å². The van der Waals surface area contributed by atoms with Gasteiger partial charge in [-0.1, -0.05) is 34.8 Å². The second-order valence-corrected chi connectivity index (χ2v) is 6.46. The van der Waals surface area contributed by atoms with Gasteiger partial charge in [-0.25, -0.2) is 4.79 Å². The van der Waals surface area contributed by atoms with Gasteiger partial charge in [0.15, 0.2) is 0 Å². The van der Waals surface area contributed by atoms with Crippen molar-refractivity contribution >= 4 is 51.9 Å². The SMILES string of the molecule is COc1ccc(SC(=O)OCC(Cl)(Cl)Cl)cc1. The number of thioether (sulfide) groups is 1. The van der Waals surface area contributed by atoms with Crippen LogP contribution in [0.15, 0.2) is 29.2 Å². The average Bonchev–Trinajstić information content (AvgIpc) is 2.27. The fraction of sp³-hybridized carbons (Fsp3) is 0.300. The van der Waals surface area contributed by atoms with E-state index in [0.717, 1.165) is 16.7 Å². The van der Waals surface area contributed by atoms with Crippen molar-refractivity contribution in [2.75, 3.05) is 13.7 Å². The molecule has 0 unspecified atom stereocenters. The third kappa shape index (κ3) is 6.27. The minimum absolute atomic E-state index is 0.278. The fourth-order valence-corrected chi connectivity index (χ4v) is 1.66. The van der Waals surface area contributed by atoms with Crippen LogP contribution in [0.25, 0.3) is 0 Å². The molecule has 0 aliphatic heterocycles. The van der Waals surface area contributed by atoms with Crippen LogP contribution in [0.1, 0.15) is 0 Å². The number of methoxy groups -OCH3 is 1. The standard InChI is InChI=1S/C10H9Cl3O3S/c1-15-7-2-4-8(5-3-7)17-9(14)16-6-10(11,12)13/h2-5H,6H2,1H3. The number of carbonyl (C=O) groups is 1. The first-order chi connectivity index (χ1) is 7.90. The van der Waals surface area contributed by atoms with E-state index < -0.39 is 9.09 Å². The second kappa shape index (κ2) is 6.59. The van der Waals surface area contributed by atoms with E-state index in [1.807, 2.05) is 0 Å². The van der Waals surface area contributed by atoms with E-state index in [9.17, 15) is 4.79 Å². The van der Waals surface area contributed by atoms with Crippen molar-refractivity contribution in [3.8, 4) is 5.75 Å². The number of benzene rings is 1. The molecule has 1 aromatic carbocycles. The molecule has 0 amide bonds. The monoisotopic (exact) mass is 314 g/mol. The molecule has 1 rings (SSSR count). The van der Waals surface area contributed by atoms with Gasteiger partial charge in [0.05, 0.1) is 7.11 Å². The van der Waals surface area contributed by atoms with Gasteiger partial charge in [0, 0.05) is 4.90 Å². The van der Waals surface area contributed by atoms with Crippen LogP contribution in [0.3, 0.4) is 0 Å². The van der Waals surface area contributed by atoms with Gasteiger partial charge in [0.1, 0.15) is 12.4 Å². The zero-order valence-corrected chi connectivity index (χ0v) is 11.9. The van der Waals surface area contributed by atoms with Crippen molar-refractivity contribution in [2.45, 2.75) is 8.69 Å². The number of hydrogen-bond acceptors (Lipinski definition) is 4. The minimum atomic E-state index is -1.59. The molecule has 17 heavy (non-hydrogen) atoms. The Morgan fingerprint density at radius 3 is 2.35 bits per heavy atom. The Bertz CT molecular complexity index is 375. The topological polar surface area (TPSA) is 35.5 Å². The van der Waals surface area contributed by atoms with Gasteiger partial charge in [-0.05, 0) is 36.0 Å². The van der Waals surface area contributed by atoms with Gasteiger partial charge >= 0.3 is 5.30 Å². The summed E-state index contributed by atoms with van der Waals surface area (Å²) in [6.45, 7) is -0.278. The lowest BCUT2D eigenvalue weighted by atomic mass is 10.3. The molecule has 0 radical (unpaired) electrons. The maximum atomic E-state index is 11.3. The van der Waals surface area contributed by atoms with E-state index in [4.69, 9.17) is 44.3 Å². The smallest absolute Gasteiger partial charge is 0.372 e. The molecular weight excluding hydrogens is 307 g/mol. The number of alkyl halides is 3. The van der Waals surface area contributed by atoms with Gasteiger partial charge in [0.25, 0.3) is 0 Å². The number of halogens is 3. The number of ether oxygens (including phenoxy) is 2. The third-order valence-corrected chi connectivity index (χ3v) is 2.73. The van der Waals surface area contributed by atoms with Crippen molar-refractivity contribution in [3.63, 3.8) is 0 Å². The van der Waals surface area contributed by atoms with Gasteiger partial charge in [0.2, 0.25) is 3.79 Å². The van der Waals surface area contributed by atoms with E-state index in [0.29, 0.717) is 5.75 Å². The van der Waals surface area contributed by atoms with E-state index in [-0.39, 0.29) is 6.61 Å². The number of rotatable bonds is 3. The Balaban J connectivity index is 2.45. The zero-order valence-electron chi connectivity index (χ0n) is 8.78. The molecule has 0 saturated carbocycles. The summed E-state index contributed by atoms with van der Waals surface area (Å²) in [6, 6.07) is 6.95. The Morgan fingerprint density at radius 2 is 1.88 bits per heavy atom. The summed E-state index contributed by atoms with van der Waals surface area (Å²) in [5.74, 6) is 0.712. The predicted molar refractivity (Wildman–Crippen MR) is 70.5 cm³/mol. The summed E-state index contributed by atoms with van der Waals surface area (Å²) < 4.78 is 8.17. The van der Waals surface area contributed by atoms with Crippen LogP contribution in [0.5, 0.6) is 5.75 Å². The molecule has 7 heteroatoms. The van der Waals surface area contributed by atoms with Crippen LogP contribution < -0.4 is 4.74 Å². The van der Waals surface area contributed by atoms with Gasteiger partial charge in [-0.2, -0.15) is 0 Å². The lowest BCUT2D eigenvalue weighted by molar-refractivity contribution is 0.177. The summed E-state index contributed by atoms with van der Waals surface area (Å²) in [4.78, 5) is 12.1. The first-order valence-corrected chi connectivity index (χ1v) is 6.41. The summed E-state index contributed by atoms with van der Waals surface area (Å²) >= 11 is 17.3. The lowest BCUT2D eigenvalue weighted by Crippen LogP contribution is -2.14. The molecule has 0 bridgehead atoms. The Morgan fingerprint density at radius 1 is 1.29 bits per heavy atom. The quantitative estimate of drug-likeness (QED) is 0.473. The van der Waals surface area contributed by atoms with Crippen LogP contribution in [0.4, 0.5) is 4.79 Å². The summed E-state index contributed by atoms with van der Waals surface area (Å²) in [6.07, 6.45) is 0. The Labute approximate surface area is 118 Å². The molecule has 0 aromatic heterocycles. The van der Waals surface area contributed by atoms with Crippen LogP contribution in [0.2, 0.25) is 0 Å². The van der Waals surface area contributed by atoms with Crippen molar-refractivity contribution in [3.05, 3.63) is 24.3 Å². The lowest BCUT2D eigenvalue weighted by Gasteiger charge is -2.10. The van der Waals surface area contributed by atoms with Crippen LogP contribution in [-0.2, 0) is 4.74 Å². The largest absolute Gasteiger partial charge is 0.497 e. The number of carbonyl (C=O) groups excluding carboxylic acids is 1. The normalized spacial score (nSPS) is 11.1. The van der Waals surface area contributed by atoms with Crippen LogP contribution >= 0.6 is 46.6 Å². The molecule has 0 fully saturated rings. The van der Waals surface area contributed by atoms with Crippen LogP contribution in [0, 0.1) is 0 Å². The Hall–Kier alpha value is -0.290. The molecule has 0 aliphatic rings. The highest BCUT2D eigenvalue weighted by molar-refractivity contribution is 8.13. The molecule has 0 N–H and O–H groups in total. The summed E-state index contributed by atoms with van der Waals surface area (Å²) in [5.41, 5.74) is 0. The fourth-order valence-electron chi connectivity index (χ4n) is 0.910. The van der Waals surface area contributed by atoms with Crippen LogP contribution in [-0.4, -0.2) is 22.8 Å². The van der Waals surface area contributed by atoms with Gasteiger partial charge in [-0.15, -0.1) is 0 Å². The first-order valence-electron chi connectivity index (χ1n) is 4.46. The zero-order chi connectivity index (χ0) is 12.9. The highest BCUT2D eigenvalue weighted by Crippen LogP contribution is 2.28. The van der Waals surface area contributed by atoms with E-state index in [1.165, 1.54) is 0 Å². The highest BCUT2D eigenvalue weighted by atomic mass is 35.6. The maximum absolute atomic E-state index is 11.3. The van der Waals surface area contributed by atoms with Crippen molar-refractivity contribution < 1.29 is 14.3 Å². The third-order valence-electron chi connectivity index (χ3n) is 1.61. The van der Waals surface area contributed by atoms with Crippen molar-refractivity contribution in [1.82, 2.24) is 0 Å². The summed E-state index contributed by atoms with van der Waals surface area (Å²) in [7, 11) is 1.57.